The molecule has 0 amide bonds. The minimum absolute atomic E-state index is 0.0443. The van der Waals surface area contributed by atoms with Crippen LogP contribution >= 0.6 is 0 Å². The van der Waals surface area contributed by atoms with Crippen LogP contribution in [-0.4, -0.2) is 57.2 Å². The summed E-state index contributed by atoms with van der Waals surface area (Å²) in [5, 5.41) is 1.10. The topological polar surface area (TPSA) is 82.9 Å². The van der Waals surface area contributed by atoms with Crippen LogP contribution in [0.5, 0.6) is 5.75 Å². The molecule has 3 aromatic rings. The first-order valence-electron chi connectivity index (χ1n) is 12.0. The average molecular weight is 498 g/mol. The molecule has 1 saturated carbocycles. The van der Waals surface area contributed by atoms with E-state index in [0.29, 0.717) is 31.1 Å². The van der Waals surface area contributed by atoms with E-state index in [1.807, 2.05) is 19.1 Å². The van der Waals surface area contributed by atoms with Gasteiger partial charge in [-0.3, -0.25) is 0 Å². The van der Waals surface area contributed by atoms with Gasteiger partial charge in [-0.1, -0.05) is 6.07 Å². The number of benzene rings is 2. The second kappa shape index (κ2) is 8.80. The van der Waals surface area contributed by atoms with Crippen molar-refractivity contribution in [1.82, 2.24) is 9.97 Å². The summed E-state index contributed by atoms with van der Waals surface area (Å²) in [7, 11) is -2.25. The lowest BCUT2D eigenvalue weighted by Crippen LogP contribution is -2.32. The molecule has 35 heavy (non-hydrogen) atoms. The Labute approximate surface area is 204 Å². The Morgan fingerprint density at radius 3 is 2.86 bits per heavy atom. The van der Waals surface area contributed by atoms with Crippen LogP contribution in [0.1, 0.15) is 36.1 Å². The number of hydrogen-bond acceptors (Lipinski definition) is 7. The molecule has 3 fully saturated rings. The van der Waals surface area contributed by atoms with E-state index in [2.05, 4.69) is 14.3 Å². The molecule has 0 bridgehead atoms. The molecule has 184 valence electrons. The van der Waals surface area contributed by atoms with Crippen molar-refractivity contribution in [3.8, 4) is 5.75 Å². The Morgan fingerprint density at radius 1 is 1.17 bits per heavy atom. The van der Waals surface area contributed by atoms with Crippen LogP contribution in [0.2, 0.25) is 0 Å². The third-order valence-corrected chi connectivity index (χ3v) is 9.30. The van der Waals surface area contributed by atoms with E-state index in [1.165, 1.54) is 18.5 Å². The first-order chi connectivity index (χ1) is 16.9. The maximum Gasteiger partial charge on any atom is 0.150 e. The van der Waals surface area contributed by atoms with Crippen LogP contribution in [-0.2, 0) is 25.6 Å². The van der Waals surface area contributed by atoms with Gasteiger partial charge in [0.25, 0.3) is 0 Å². The monoisotopic (exact) mass is 497 g/mol. The van der Waals surface area contributed by atoms with Crippen molar-refractivity contribution in [2.24, 2.45) is 4.36 Å². The van der Waals surface area contributed by atoms with Crippen LogP contribution in [0.4, 0.5) is 10.1 Å². The Morgan fingerprint density at radius 2 is 2.03 bits per heavy atom. The molecular weight excluding hydrogens is 469 g/mol. The molecule has 0 N–H and O–H groups in total. The van der Waals surface area contributed by atoms with Gasteiger partial charge < -0.3 is 14.2 Å². The summed E-state index contributed by atoms with van der Waals surface area (Å²) in [6.07, 6.45) is 6.15. The van der Waals surface area contributed by atoms with Crippen molar-refractivity contribution < 1.29 is 22.8 Å². The summed E-state index contributed by atoms with van der Waals surface area (Å²) in [5.41, 5.74) is 4.02. The number of nitrogens with zero attached hydrogens (tertiary/aromatic N) is 3. The number of rotatable bonds is 6. The summed E-state index contributed by atoms with van der Waals surface area (Å²) in [6.45, 7) is 3.06. The quantitative estimate of drug-likeness (QED) is 0.499. The van der Waals surface area contributed by atoms with Gasteiger partial charge in [-0.05, 0) is 49.9 Å². The van der Waals surface area contributed by atoms with Gasteiger partial charge in [-0.25, -0.2) is 18.6 Å². The van der Waals surface area contributed by atoms with Gasteiger partial charge in [-0.15, -0.1) is 0 Å². The number of aryl methyl sites for hydroxylation is 1. The van der Waals surface area contributed by atoms with Crippen LogP contribution in [0.25, 0.3) is 10.9 Å². The Balaban J connectivity index is 1.33. The van der Waals surface area contributed by atoms with Gasteiger partial charge >= 0.3 is 0 Å². The van der Waals surface area contributed by atoms with E-state index >= 15 is 0 Å². The smallest absolute Gasteiger partial charge is 0.150 e. The molecular formula is C26H28FN3O4S. The second-order valence-corrected chi connectivity index (χ2v) is 12.3. The average Bonchev–Trinajstić information content (AvgIpc) is 3.47. The largest absolute Gasteiger partial charge is 0.485 e. The van der Waals surface area contributed by atoms with Crippen LogP contribution in [0.15, 0.2) is 41.0 Å². The lowest BCUT2D eigenvalue weighted by Gasteiger charge is -2.20. The predicted octanol–water partition coefficient (Wildman–Crippen LogP) is 4.49. The van der Waals surface area contributed by atoms with Gasteiger partial charge in [0, 0.05) is 41.5 Å². The zero-order valence-electron chi connectivity index (χ0n) is 19.8. The maximum absolute atomic E-state index is 14.2. The highest BCUT2D eigenvalue weighted by molar-refractivity contribution is 7.93. The van der Waals surface area contributed by atoms with Crippen molar-refractivity contribution in [2.75, 3.05) is 19.5 Å². The summed E-state index contributed by atoms with van der Waals surface area (Å²) >= 11 is 0. The normalized spacial score (nSPS) is 25.4. The fourth-order valence-corrected chi connectivity index (χ4v) is 6.77. The highest BCUT2D eigenvalue weighted by Crippen LogP contribution is 2.35. The number of halogens is 1. The van der Waals surface area contributed by atoms with E-state index in [1.54, 1.807) is 12.3 Å². The first-order valence-corrected chi connectivity index (χ1v) is 14.0. The first kappa shape index (κ1) is 22.8. The van der Waals surface area contributed by atoms with E-state index < -0.39 is 9.73 Å². The van der Waals surface area contributed by atoms with Crippen molar-refractivity contribution in [2.45, 2.75) is 56.2 Å². The number of ether oxygens (including phenoxy) is 3. The number of aromatic nitrogens is 2. The SMILES string of the molecule is Cc1cc(N=S(C)(=O)C2CC2)cc2ncnc(Cc3ccc(F)cc3O[C@@H]3CO[C@@H]4CCO[C@@H]43)c12. The van der Waals surface area contributed by atoms with Crippen LogP contribution in [0.3, 0.4) is 0 Å². The highest BCUT2D eigenvalue weighted by Gasteiger charge is 2.43. The van der Waals surface area contributed by atoms with Gasteiger partial charge in [0.1, 0.15) is 24.0 Å². The Kier molecular flexibility index (Phi) is 5.74. The van der Waals surface area contributed by atoms with Gasteiger partial charge in [0.15, 0.2) is 6.10 Å². The third-order valence-electron chi connectivity index (χ3n) is 7.01. The lowest BCUT2D eigenvalue weighted by atomic mass is 10.0. The molecule has 4 atom stereocenters. The molecule has 0 radical (unpaired) electrons. The maximum atomic E-state index is 14.2. The molecule has 3 heterocycles. The summed E-state index contributed by atoms with van der Waals surface area (Å²) in [6, 6.07) is 8.40. The highest BCUT2D eigenvalue weighted by atomic mass is 32.2. The molecule has 7 nitrogen and oxygen atoms in total. The summed E-state index contributed by atoms with van der Waals surface area (Å²) in [4.78, 5) is 9.02. The van der Waals surface area contributed by atoms with Crippen molar-refractivity contribution in [3.63, 3.8) is 0 Å². The summed E-state index contributed by atoms with van der Waals surface area (Å²) in [5.74, 6) is 0.112. The van der Waals surface area contributed by atoms with Crippen molar-refractivity contribution >= 4 is 26.3 Å². The second-order valence-electron chi connectivity index (χ2n) is 9.71. The summed E-state index contributed by atoms with van der Waals surface area (Å²) < 4.78 is 49.5. The predicted molar refractivity (Wildman–Crippen MR) is 131 cm³/mol. The standard InChI is InChI=1S/C26H28FN3O4S/c1-15-9-18(30-35(2,31)19-5-6-19)12-21-25(15)20(28-14-29-21)10-16-3-4-17(27)11-23(16)34-24-13-33-22-7-8-32-26(22)24/h3-4,9,11-12,14,19,22,24,26H,5-8,10,13H2,1-2H3/t22-,24-,26+,35?/m1/s1. The Bertz CT molecular complexity index is 1420. The van der Waals surface area contributed by atoms with Crippen molar-refractivity contribution in [1.29, 1.82) is 0 Å². The van der Waals surface area contributed by atoms with Gasteiger partial charge in [-0.2, -0.15) is 4.36 Å². The minimum atomic E-state index is -2.25. The molecule has 1 unspecified atom stereocenters. The zero-order chi connectivity index (χ0) is 24.2. The molecule has 1 aliphatic carbocycles. The van der Waals surface area contributed by atoms with Gasteiger partial charge in [0.2, 0.25) is 0 Å². The molecule has 2 aliphatic heterocycles. The van der Waals surface area contributed by atoms with Crippen LogP contribution < -0.4 is 4.74 Å². The molecule has 9 heteroatoms. The van der Waals surface area contributed by atoms with Gasteiger partial charge in [0.05, 0.1) is 39.3 Å². The molecule has 0 spiro atoms. The third kappa shape index (κ3) is 4.52. The number of hydrogen-bond donors (Lipinski definition) is 0. The van der Waals surface area contributed by atoms with Crippen molar-refractivity contribution in [3.05, 3.63) is 59.3 Å². The minimum Gasteiger partial charge on any atom is -0.485 e. The fraction of sp³-hybridized carbons (Fsp3) is 0.462. The molecule has 3 aliphatic rings. The molecule has 6 rings (SSSR count). The van der Waals surface area contributed by atoms with Crippen LogP contribution in [0, 0.1) is 12.7 Å². The number of fused-ring (bicyclic) bond motifs is 2. The fourth-order valence-electron chi connectivity index (χ4n) is 5.09. The lowest BCUT2D eigenvalue weighted by molar-refractivity contribution is 0.0304. The molecule has 2 aromatic carbocycles. The zero-order valence-corrected chi connectivity index (χ0v) is 20.6. The van der Waals surface area contributed by atoms with E-state index in [0.717, 1.165) is 47.0 Å². The Hall–Kier alpha value is -2.62. The molecule has 2 saturated heterocycles. The van der Waals surface area contributed by atoms with E-state index in [-0.39, 0.29) is 29.4 Å². The molecule has 1 aromatic heterocycles. The van der Waals surface area contributed by atoms with E-state index in [4.69, 9.17) is 14.2 Å². The van der Waals surface area contributed by atoms with E-state index in [9.17, 15) is 8.60 Å².